The molecule has 3 aromatic rings. The predicted molar refractivity (Wildman–Crippen MR) is 109 cm³/mol. The SMILES string of the molecule is CCOc1ccnc2sc(C(=O)N3CCNC(c4ccccc4C)C3)cc12. The average molecular weight is 382 g/mol. The fourth-order valence-corrected chi connectivity index (χ4v) is 4.56. The molecule has 1 fully saturated rings. The van der Waals surface area contributed by atoms with Gasteiger partial charge >= 0.3 is 0 Å². The van der Waals surface area contributed by atoms with Gasteiger partial charge in [0, 0.05) is 25.8 Å². The summed E-state index contributed by atoms with van der Waals surface area (Å²) in [5.74, 6) is 0.858. The Morgan fingerprint density at radius 1 is 1.37 bits per heavy atom. The Bertz CT molecular complexity index is 969. The molecule has 2 aromatic heterocycles. The molecule has 1 aliphatic heterocycles. The second kappa shape index (κ2) is 7.66. The number of ether oxygens (including phenoxy) is 1. The molecule has 0 spiro atoms. The van der Waals surface area contributed by atoms with E-state index in [4.69, 9.17) is 4.74 Å². The summed E-state index contributed by atoms with van der Waals surface area (Å²) in [5.41, 5.74) is 2.50. The fourth-order valence-electron chi connectivity index (χ4n) is 3.58. The Labute approximate surface area is 163 Å². The largest absolute Gasteiger partial charge is 0.493 e. The lowest BCUT2D eigenvalue weighted by molar-refractivity contribution is 0.0707. The number of aromatic nitrogens is 1. The highest BCUT2D eigenvalue weighted by Gasteiger charge is 2.27. The van der Waals surface area contributed by atoms with Crippen LogP contribution in [0.2, 0.25) is 0 Å². The molecule has 6 heteroatoms. The van der Waals surface area contributed by atoms with E-state index in [1.807, 2.05) is 30.0 Å². The maximum atomic E-state index is 13.1. The Morgan fingerprint density at radius 2 is 2.22 bits per heavy atom. The number of rotatable bonds is 4. The number of pyridine rings is 1. The molecule has 5 nitrogen and oxygen atoms in total. The molecule has 1 saturated heterocycles. The third-order valence-corrected chi connectivity index (χ3v) is 5.96. The zero-order valence-electron chi connectivity index (χ0n) is 15.6. The maximum Gasteiger partial charge on any atom is 0.264 e. The molecule has 0 aliphatic carbocycles. The number of aryl methyl sites for hydroxylation is 1. The second-order valence-electron chi connectivity index (χ2n) is 6.69. The van der Waals surface area contributed by atoms with Crippen LogP contribution in [0.15, 0.2) is 42.6 Å². The Kier molecular flexibility index (Phi) is 5.09. The van der Waals surface area contributed by atoms with E-state index in [1.54, 1.807) is 6.20 Å². The van der Waals surface area contributed by atoms with Gasteiger partial charge in [-0.1, -0.05) is 24.3 Å². The van der Waals surface area contributed by atoms with Crippen molar-refractivity contribution in [3.8, 4) is 5.75 Å². The van der Waals surface area contributed by atoms with E-state index in [-0.39, 0.29) is 11.9 Å². The number of piperazine rings is 1. The summed E-state index contributed by atoms with van der Waals surface area (Å²) < 4.78 is 5.68. The molecular formula is C21H23N3O2S. The van der Waals surface area contributed by atoms with E-state index >= 15 is 0 Å². The molecular weight excluding hydrogens is 358 g/mol. The minimum atomic E-state index is 0.0699. The summed E-state index contributed by atoms with van der Waals surface area (Å²) in [5, 5.41) is 4.46. The highest BCUT2D eigenvalue weighted by molar-refractivity contribution is 7.20. The number of hydrogen-bond acceptors (Lipinski definition) is 5. The van der Waals surface area contributed by atoms with Crippen molar-refractivity contribution >= 4 is 27.5 Å². The van der Waals surface area contributed by atoms with E-state index in [9.17, 15) is 4.79 Å². The first kappa shape index (κ1) is 17.9. The van der Waals surface area contributed by atoms with E-state index in [2.05, 4.69) is 35.4 Å². The van der Waals surface area contributed by atoms with Gasteiger partial charge in [0.1, 0.15) is 10.6 Å². The topological polar surface area (TPSA) is 54.5 Å². The van der Waals surface area contributed by atoms with Crippen molar-refractivity contribution in [1.29, 1.82) is 0 Å². The molecule has 140 valence electrons. The van der Waals surface area contributed by atoms with Crippen LogP contribution in [-0.2, 0) is 0 Å². The highest BCUT2D eigenvalue weighted by Crippen LogP contribution is 2.32. The van der Waals surface area contributed by atoms with Crippen molar-refractivity contribution in [2.75, 3.05) is 26.2 Å². The number of amides is 1. The van der Waals surface area contributed by atoms with Crippen LogP contribution in [0.3, 0.4) is 0 Å². The van der Waals surface area contributed by atoms with Gasteiger partial charge in [-0.2, -0.15) is 0 Å². The van der Waals surface area contributed by atoms with Crippen LogP contribution in [0.25, 0.3) is 10.2 Å². The minimum absolute atomic E-state index is 0.0699. The molecule has 3 heterocycles. The van der Waals surface area contributed by atoms with Gasteiger partial charge in [-0.3, -0.25) is 4.79 Å². The lowest BCUT2D eigenvalue weighted by atomic mass is 9.99. The molecule has 27 heavy (non-hydrogen) atoms. The van der Waals surface area contributed by atoms with Gasteiger partial charge in [-0.05, 0) is 37.1 Å². The first-order chi connectivity index (χ1) is 13.2. The lowest BCUT2D eigenvalue weighted by Crippen LogP contribution is -2.48. The first-order valence-electron chi connectivity index (χ1n) is 9.27. The van der Waals surface area contributed by atoms with Crippen LogP contribution in [0.4, 0.5) is 0 Å². The van der Waals surface area contributed by atoms with Crippen molar-refractivity contribution in [1.82, 2.24) is 15.2 Å². The normalized spacial score (nSPS) is 17.3. The Balaban J connectivity index is 1.58. The minimum Gasteiger partial charge on any atom is -0.493 e. The summed E-state index contributed by atoms with van der Waals surface area (Å²) in [6, 6.07) is 12.3. The fraction of sp³-hybridized carbons (Fsp3) is 0.333. The number of hydrogen-bond donors (Lipinski definition) is 1. The summed E-state index contributed by atoms with van der Waals surface area (Å²) in [6.45, 7) is 6.83. The maximum absolute atomic E-state index is 13.1. The number of carbonyl (C=O) groups is 1. The lowest BCUT2D eigenvalue weighted by Gasteiger charge is -2.34. The Morgan fingerprint density at radius 3 is 3.04 bits per heavy atom. The molecule has 1 amide bonds. The van der Waals surface area contributed by atoms with E-state index in [0.717, 1.165) is 27.4 Å². The standard InChI is InChI=1S/C21H23N3O2S/c1-3-26-18-8-9-23-20-16(18)12-19(27-20)21(25)24-11-10-22-17(13-24)15-7-5-4-6-14(15)2/h4-9,12,17,22H,3,10-11,13H2,1-2H3. The van der Waals surface area contributed by atoms with E-state index in [0.29, 0.717) is 19.7 Å². The Hall–Kier alpha value is -2.44. The van der Waals surface area contributed by atoms with Gasteiger partial charge < -0.3 is 15.0 Å². The van der Waals surface area contributed by atoms with Gasteiger partial charge in [0.15, 0.2) is 0 Å². The number of nitrogens with zero attached hydrogens (tertiary/aromatic N) is 2. The van der Waals surface area contributed by atoms with Crippen LogP contribution in [-0.4, -0.2) is 42.0 Å². The van der Waals surface area contributed by atoms with Crippen LogP contribution < -0.4 is 10.1 Å². The van der Waals surface area contributed by atoms with Crippen LogP contribution in [0, 0.1) is 6.92 Å². The summed E-state index contributed by atoms with van der Waals surface area (Å²) in [4.78, 5) is 21.0. The van der Waals surface area contributed by atoms with Crippen molar-refractivity contribution in [3.63, 3.8) is 0 Å². The van der Waals surface area contributed by atoms with E-state index in [1.165, 1.54) is 22.5 Å². The molecule has 1 aliphatic rings. The molecule has 0 radical (unpaired) electrons. The second-order valence-corrected chi connectivity index (χ2v) is 7.72. The zero-order valence-corrected chi connectivity index (χ0v) is 16.4. The van der Waals surface area contributed by atoms with Crippen molar-refractivity contribution in [3.05, 3.63) is 58.6 Å². The highest BCUT2D eigenvalue weighted by atomic mass is 32.1. The molecule has 1 N–H and O–H groups in total. The number of fused-ring (bicyclic) bond motifs is 1. The number of carbonyl (C=O) groups excluding carboxylic acids is 1. The molecule has 0 saturated carbocycles. The number of thiophene rings is 1. The molecule has 0 bridgehead atoms. The zero-order chi connectivity index (χ0) is 18.8. The van der Waals surface area contributed by atoms with Crippen molar-refractivity contribution < 1.29 is 9.53 Å². The summed E-state index contributed by atoms with van der Waals surface area (Å²) in [7, 11) is 0. The van der Waals surface area contributed by atoms with Crippen LogP contribution in [0.1, 0.15) is 33.8 Å². The third kappa shape index (κ3) is 3.55. The van der Waals surface area contributed by atoms with Crippen molar-refractivity contribution in [2.24, 2.45) is 0 Å². The summed E-state index contributed by atoms with van der Waals surface area (Å²) >= 11 is 1.44. The van der Waals surface area contributed by atoms with Gasteiger partial charge in [0.2, 0.25) is 0 Å². The van der Waals surface area contributed by atoms with Gasteiger partial charge in [0.05, 0.1) is 22.9 Å². The van der Waals surface area contributed by atoms with Crippen LogP contribution in [0.5, 0.6) is 5.75 Å². The summed E-state index contributed by atoms with van der Waals surface area (Å²) in [6.07, 6.45) is 1.73. The van der Waals surface area contributed by atoms with Gasteiger partial charge in [0.25, 0.3) is 5.91 Å². The molecule has 4 rings (SSSR count). The smallest absolute Gasteiger partial charge is 0.264 e. The predicted octanol–water partition coefficient (Wildman–Crippen LogP) is 3.79. The quantitative estimate of drug-likeness (QED) is 0.747. The van der Waals surface area contributed by atoms with Crippen LogP contribution >= 0.6 is 11.3 Å². The third-order valence-electron chi connectivity index (χ3n) is 4.93. The molecule has 1 aromatic carbocycles. The number of nitrogens with one attached hydrogen (secondary N) is 1. The molecule has 1 atom stereocenters. The molecule has 1 unspecified atom stereocenters. The van der Waals surface area contributed by atoms with Crippen molar-refractivity contribution in [2.45, 2.75) is 19.9 Å². The van der Waals surface area contributed by atoms with Gasteiger partial charge in [-0.15, -0.1) is 11.3 Å². The number of benzene rings is 1. The average Bonchev–Trinajstić information content (AvgIpc) is 3.13. The monoisotopic (exact) mass is 381 g/mol. The first-order valence-corrected chi connectivity index (χ1v) is 10.1. The van der Waals surface area contributed by atoms with Gasteiger partial charge in [-0.25, -0.2) is 4.98 Å². The van der Waals surface area contributed by atoms with E-state index < -0.39 is 0 Å².